The number of rotatable bonds is 5. The van der Waals surface area contributed by atoms with Crippen molar-refractivity contribution in [1.82, 2.24) is 15.0 Å². The first-order chi connectivity index (χ1) is 15.2. The lowest BCUT2D eigenvalue weighted by atomic mass is 10.0. The second-order valence-corrected chi connectivity index (χ2v) is 8.03. The molecule has 0 radical (unpaired) electrons. The summed E-state index contributed by atoms with van der Waals surface area (Å²) in [5, 5.41) is 2.78. The highest BCUT2D eigenvalue weighted by Crippen LogP contribution is 2.39. The first-order valence-electron chi connectivity index (χ1n) is 10.2. The Bertz CT molecular complexity index is 1130. The Labute approximate surface area is 183 Å². The third-order valence-electron chi connectivity index (χ3n) is 5.22. The van der Waals surface area contributed by atoms with Crippen LogP contribution in [0.2, 0.25) is 0 Å². The van der Waals surface area contributed by atoms with Gasteiger partial charge in [0.15, 0.2) is 5.82 Å². The molecule has 4 rings (SSSR count). The van der Waals surface area contributed by atoms with Crippen molar-refractivity contribution < 1.29 is 18.0 Å². The predicted molar refractivity (Wildman–Crippen MR) is 115 cm³/mol. The molecule has 3 aromatic rings. The highest BCUT2D eigenvalue weighted by Gasteiger charge is 2.40. The van der Waals surface area contributed by atoms with Crippen LogP contribution < -0.4 is 10.2 Å². The third-order valence-corrected chi connectivity index (χ3v) is 5.22. The van der Waals surface area contributed by atoms with Crippen LogP contribution in [0.3, 0.4) is 0 Å². The maximum atomic E-state index is 13.9. The maximum absolute atomic E-state index is 13.9. The topological polar surface area (TPSA) is 71.0 Å². The van der Waals surface area contributed by atoms with E-state index in [1.807, 2.05) is 13.8 Å². The number of anilines is 2. The Hall–Kier alpha value is -3.49. The molecule has 0 bridgehead atoms. The van der Waals surface area contributed by atoms with Gasteiger partial charge in [0.25, 0.3) is 11.8 Å². The van der Waals surface area contributed by atoms with Crippen LogP contribution >= 0.6 is 0 Å². The van der Waals surface area contributed by atoms with Gasteiger partial charge in [-0.15, -0.1) is 0 Å². The average Bonchev–Trinajstić information content (AvgIpc) is 3.13. The first kappa shape index (κ1) is 21.7. The number of hydrogen-bond donors (Lipinski definition) is 1. The van der Waals surface area contributed by atoms with Gasteiger partial charge in [-0.3, -0.25) is 4.79 Å². The fourth-order valence-corrected chi connectivity index (χ4v) is 3.57. The van der Waals surface area contributed by atoms with Crippen molar-refractivity contribution in [3.63, 3.8) is 0 Å². The molecular weight excluding hydrogens is 419 g/mol. The molecule has 1 N–H and O–H groups in total. The van der Waals surface area contributed by atoms with Crippen LogP contribution in [0.5, 0.6) is 0 Å². The summed E-state index contributed by atoms with van der Waals surface area (Å²) in [6.07, 6.45) is 3.98. The molecule has 2 aromatic heterocycles. The van der Waals surface area contributed by atoms with Gasteiger partial charge in [-0.05, 0) is 23.8 Å². The quantitative estimate of drug-likeness (QED) is 0.610. The van der Waals surface area contributed by atoms with Crippen molar-refractivity contribution in [2.24, 2.45) is 0 Å². The van der Waals surface area contributed by atoms with E-state index in [9.17, 15) is 18.0 Å². The van der Waals surface area contributed by atoms with E-state index in [0.717, 1.165) is 0 Å². The van der Waals surface area contributed by atoms with Gasteiger partial charge in [0.2, 0.25) is 0 Å². The number of aromatic nitrogens is 3. The average molecular weight is 441 g/mol. The van der Waals surface area contributed by atoms with Gasteiger partial charge in [-0.2, -0.15) is 0 Å². The minimum absolute atomic E-state index is 0.0850. The van der Waals surface area contributed by atoms with Crippen molar-refractivity contribution in [2.45, 2.75) is 32.1 Å². The standard InChI is InChI=1S/C23H22F3N5O/c1-14(2)20-28-11-16(12-29-20)22(32)30-19-18(15-4-3-5-17(24)10-15)6-8-27-21(19)31-9-7-23(25,26)13-31/h3-6,8,10-12,14H,7,9,13H2,1-2H3,(H,30,32). The largest absolute Gasteiger partial charge is 0.349 e. The Balaban J connectivity index is 1.74. The van der Waals surface area contributed by atoms with Crippen LogP contribution in [0.4, 0.5) is 24.7 Å². The summed E-state index contributed by atoms with van der Waals surface area (Å²) in [6.45, 7) is 3.45. The van der Waals surface area contributed by atoms with Gasteiger partial charge in [-0.25, -0.2) is 28.1 Å². The molecule has 9 heteroatoms. The molecule has 0 unspecified atom stereocenters. The number of carbonyl (C=O) groups excluding carboxylic acids is 1. The highest BCUT2D eigenvalue weighted by molar-refractivity contribution is 6.08. The van der Waals surface area contributed by atoms with E-state index in [4.69, 9.17) is 0 Å². The number of hydrogen-bond acceptors (Lipinski definition) is 5. The fourth-order valence-electron chi connectivity index (χ4n) is 3.57. The second kappa shape index (κ2) is 8.57. The third kappa shape index (κ3) is 4.56. The number of nitrogens with zero attached hydrogens (tertiary/aromatic N) is 4. The predicted octanol–water partition coefficient (Wildman–Crippen LogP) is 4.90. The van der Waals surface area contributed by atoms with Crippen molar-refractivity contribution in [2.75, 3.05) is 23.3 Å². The number of pyridine rings is 1. The highest BCUT2D eigenvalue weighted by atomic mass is 19.3. The number of halogens is 3. The van der Waals surface area contributed by atoms with E-state index in [2.05, 4.69) is 20.3 Å². The minimum atomic E-state index is -2.85. The van der Waals surface area contributed by atoms with Crippen LogP contribution in [-0.2, 0) is 0 Å². The number of carbonyl (C=O) groups is 1. The monoisotopic (exact) mass is 441 g/mol. The molecule has 1 fully saturated rings. The van der Waals surface area contributed by atoms with Crippen molar-refractivity contribution >= 4 is 17.4 Å². The smallest absolute Gasteiger partial charge is 0.266 e. The Morgan fingerprint density at radius 3 is 2.53 bits per heavy atom. The van der Waals surface area contributed by atoms with Crippen LogP contribution in [0.15, 0.2) is 48.9 Å². The van der Waals surface area contributed by atoms with Gasteiger partial charge in [0.05, 0.1) is 17.8 Å². The summed E-state index contributed by atoms with van der Waals surface area (Å²) in [6, 6.07) is 7.45. The van der Waals surface area contributed by atoms with E-state index < -0.39 is 24.2 Å². The maximum Gasteiger partial charge on any atom is 0.266 e. The molecule has 0 spiro atoms. The Kier molecular flexibility index (Phi) is 5.82. The van der Waals surface area contributed by atoms with E-state index in [1.54, 1.807) is 18.2 Å². The molecular formula is C23H22F3N5O. The molecule has 0 atom stereocenters. The van der Waals surface area contributed by atoms with E-state index in [-0.39, 0.29) is 36.0 Å². The summed E-state index contributed by atoms with van der Waals surface area (Å²) in [5.74, 6) is -2.91. The molecule has 166 valence electrons. The van der Waals surface area contributed by atoms with E-state index in [0.29, 0.717) is 17.0 Å². The van der Waals surface area contributed by atoms with Crippen molar-refractivity contribution in [3.05, 3.63) is 66.1 Å². The van der Waals surface area contributed by atoms with Crippen LogP contribution in [0, 0.1) is 5.82 Å². The zero-order valence-corrected chi connectivity index (χ0v) is 17.6. The molecule has 1 aliphatic heterocycles. The van der Waals surface area contributed by atoms with Crippen LogP contribution in [-0.4, -0.2) is 39.9 Å². The van der Waals surface area contributed by atoms with Crippen LogP contribution in [0.1, 0.15) is 42.4 Å². The molecule has 0 saturated carbocycles. The van der Waals surface area contributed by atoms with Gasteiger partial charge in [0, 0.05) is 43.0 Å². The first-order valence-corrected chi connectivity index (χ1v) is 10.2. The van der Waals surface area contributed by atoms with Crippen molar-refractivity contribution in [1.29, 1.82) is 0 Å². The zero-order chi connectivity index (χ0) is 22.9. The molecule has 0 aliphatic carbocycles. The normalized spacial score (nSPS) is 15.2. The number of amides is 1. The molecule has 32 heavy (non-hydrogen) atoms. The summed E-state index contributed by atoms with van der Waals surface area (Å²) in [4.78, 5) is 27.1. The van der Waals surface area contributed by atoms with E-state index in [1.165, 1.54) is 35.6 Å². The number of benzene rings is 1. The summed E-state index contributed by atoms with van der Waals surface area (Å²) >= 11 is 0. The van der Waals surface area contributed by atoms with Gasteiger partial charge in [-0.1, -0.05) is 26.0 Å². The SMILES string of the molecule is CC(C)c1ncc(C(=O)Nc2c(-c3cccc(F)c3)ccnc2N2CCC(F)(F)C2)cn1. The lowest BCUT2D eigenvalue weighted by molar-refractivity contribution is 0.0257. The number of nitrogens with one attached hydrogen (secondary N) is 1. The van der Waals surface area contributed by atoms with Gasteiger partial charge in [0.1, 0.15) is 11.6 Å². The van der Waals surface area contributed by atoms with Crippen LogP contribution in [0.25, 0.3) is 11.1 Å². The molecule has 1 aliphatic rings. The molecule has 3 heterocycles. The van der Waals surface area contributed by atoms with Gasteiger partial charge >= 0.3 is 0 Å². The number of alkyl halides is 2. The lowest BCUT2D eigenvalue weighted by Gasteiger charge is -2.23. The Morgan fingerprint density at radius 1 is 1.16 bits per heavy atom. The van der Waals surface area contributed by atoms with Crippen molar-refractivity contribution in [3.8, 4) is 11.1 Å². The molecule has 1 aromatic carbocycles. The Morgan fingerprint density at radius 2 is 1.91 bits per heavy atom. The fraction of sp³-hybridized carbons (Fsp3) is 0.304. The second-order valence-electron chi connectivity index (χ2n) is 8.03. The zero-order valence-electron chi connectivity index (χ0n) is 17.6. The van der Waals surface area contributed by atoms with E-state index >= 15 is 0 Å². The molecule has 1 saturated heterocycles. The summed E-state index contributed by atoms with van der Waals surface area (Å²) in [7, 11) is 0. The minimum Gasteiger partial charge on any atom is -0.349 e. The molecule has 6 nitrogen and oxygen atoms in total. The summed E-state index contributed by atoms with van der Waals surface area (Å²) in [5.41, 5.74) is 1.40. The lowest BCUT2D eigenvalue weighted by Crippen LogP contribution is -2.27. The summed E-state index contributed by atoms with van der Waals surface area (Å²) < 4.78 is 41.7. The molecule has 1 amide bonds. The van der Waals surface area contributed by atoms with Gasteiger partial charge < -0.3 is 10.2 Å².